The fourth-order valence-electron chi connectivity index (χ4n) is 8.05. The van der Waals surface area contributed by atoms with E-state index in [1.807, 2.05) is 36.4 Å². The Morgan fingerprint density at radius 3 is 1.52 bits per heavy atom. The van der Waals surface area contributed by atoms with E-state index in [0.29, 0.717) is 56.0 Å². The lowest BCUT2D eigenvalue weighted by molar-refractivity contribution is 0.0689. The third-order valence-electron chi connectivity index (χ3n) is 12.7. The normalized spacial score (nSPS) is 16.8. The molecule has 4 aliphatic rings. The number of hydrogen-bond donors (Lipinski definition) is 4. The first kappa shape index (κ1) is 44.1. The van der Waals surface area contributed by atoms with E-state index in [2.05, 4.69) is 35.1 Å². The molecule has 2 aromatic heterocycles. The minimum Gasteiger partial charge on any atom is -0.477 e. The first-order chi connectivity index (χ1) is 30.5. The van der Waals surface area contributed by atoms with Crippen LogP contribution in [-0.4, -0.2) is 73.3 Å². The van der Waals surface area contributed by atoms with E-state index in [9.17, 15) is 24.9 Å². The Hall–Kier alpha value is -5.54. The summed E-state index contributed by atoms with van der Waals surface area (Å²) in [5, 5.41) is 31.8. The number of ether oxygens (including phenoxy) is 2. The van der Waals surface area contributed by atoms with Crippen LogP contribution in [0.25, 0.3) is 0 Å². The van der Waals surface area contributed by atoms with Crippen LogP contribution < -0.4 is 24.6 Å². The van der Waals surface area contributed by atoms with Crippen LogP contribution in [0.5, 0.6) is 11.8 Å². The lowest BCUT2D eigenvalue weighted by Gasteiger charge is -2.32. The lowest BCUT2D eigenvalue weighted by atomic mass is 9.94. The number of carbonyl (C=O) groups is 2. The summed E-state index contributed by atoms with van der Waals surface area (Å²) in [6.07, 6.45) is 12.7. The number of carbonyl (C=O) groups excluding carboxylic acids is 1. The molecule has 5 aromatic rings. The maximum atomic E-state index is 13.0. The maximum absolute atomic E-state index is 13.0. The summed E-state index contributed by atoms with van der Waals surface area (Å²) in [5.74, 6) is -0.0421. The number of piperidine rings is 2. The molecule has 4 heterocycles. The van der Waals surface area contributed by atoms with Crippen LogP contribution in [0.2, 0.25) is 10.0 Å². The number of aliphatic hydroxyl groups excluding tert-OH is 2. The molecule has 2 spiro atoms. The summed E-state index contributed by atoms with van der Waals surface area (Å²) in [5.41, 5.74) is 5.16. The summed E-state index contributed by atoms with van der Waals surface area (Å²) in [7, 11) is 0. The number of rotatable bonds is 14. The molecule has 14 nitrogen and oxygen atoms in total. The summed E-state index contributed by atoms with van der Waals surface area (Å²) in [4.78, 5) is 46.7. The first-order valence-electron chi connectivity index (χ1n) is 21.4. The number of carboxylic acids is 1. The van der Waals surface area contributed by atoms with Crippen molar-refractivity contribution in [2.24, 2.45) is 10.8 Å². The van der Waals surface area contributed by atoms with Crippen molar-refractivity contribution < 1.29 is 34.4 Å². The van der Waals surface area contributed by atoms with E-state index in [4.69, 9.17) is 32.7 Å². The molecular formula is C47H51Cl2N7O7. The molecule has 0 radical (unpaired) electrons. The number of aliphatic hydroxyl groups is 2. The van der Waals surface area contributed by atoms with Crippen molar-refractivity contribution in [3.8, 4) is 11.8 Å². The van der Waals surface area contributed by atoms with Crippen LogP contribution >= 0.6 is 23.2 Å². The minimum absolute atomic E-state index is 0.0477. The fourth-order valence-corrected chi connectivity index (χ4v) is 8.58. The molecule has 2 saturated heterocycles. The fraction of sp³-hybridized carbons (Fsp3) is 0.404. The first-order valence-corrected chi connectivity index (χ1v) is 22.1. The maximum Gasteiger partial charge on any atom is 0.342 e. The number of carboxylic acid groups (broad SMARTS) is 1. The average molecular weight is 897 g/mol. The lowest BCUT2D eigenvalue weighted by Crippen LogP contribution is -2.35. The molecule has 2 saturated carbocycles. The molecule has 2 aliphatic heterocycles. The molecule has 1 amide bonds. The monoisotopic (exact) mass is 895 g/mol. The van der Waals surface area contributed by atoms with Gasteiger partial charge in [-0.25, -0.2) is 14.8 Å². The van der Waals surface area contributed by atoms with Crippen LogP contribution in [-0.2, 0) is 33.0 Å². The standard InChI is InChI=1S/C27H29ClN4O3.C20H22ClN3O4/c28-23-14-20(6-7-21(23)17-33)18-35-25-22(24(34)29-15-19-4-2-1-3-5-19)16-30-26(31-25)32-12-10-27(8-9-27)11-13-32;21-16-9-13(1-2-14(16)11-25)12-28-17-15(18(26)27)10-22-19(23-17)24-7-5-20(3-4-20)6-8-24/h1-7,14,16,33H,8-13,15,17-18H2,(H,29,34);1-2,9-10,25H,3-8,11-12H2,(H,26,27). The van der Waals surface area contributed by atoms with Gasteiger partial charge in [-0.1, -0.05) is 77.8 Å². The Kier molecular flexibility index (Phi) is 13.6. The van der Waals surface area contributed by atoms with Gasteiger partial charge in [0, 0.05) is 49.0 Å². The molecule has 0 atom stereocenters. The Morgan fingerprint density at radius 2 is 1.10 bits per heavy atom. The van der Waals surface area contributed by atoms with Crippen molar-refractivity contribution in [3.63, 3.8) is 0 Å². The second-order valence-electron chi connectivity index (χ2n) is 17.0. The van der Waals surface area contributed by atoms with Gasteiger partial charge in [0.05, 0.1) is 19.4 Å². The van der Waals surface area contributed by atoms with Crippen LogP contribution in [0.1, 0.15) is 99.9 Å². The van der Waals surface area contributed by atoms with Gasteiger partial charge in [0.2, 0.25) is 23.7 Å². The van der Waals surface area contributed by atoms with E-state index in [0.717, 1.165) is 68.6 Å². The van der Waals surface area contributed by atoms with Crippen molar-refractivity contribution in [1.29, 1.82) is 0 Å². The highest BCUT2D eigenvalue weighted by Gasteiger charge is 2.45. The van der Waals surface area contributed by atoms with Gasteiger partial charge in [0.25, 0.3) is 5.91 Å². The number of benzene rings is 3. The molecule has 3 aromatic carbocycles. The number of amides is 1. The number of nitrogens with zero attached hydrogens (tertiary/aromatic N) is 6. The summed E-state index contributed by atoms with van der Waals surface area (Å²) in [6, 6.07) is 20.3. The highest BCUT2D eigenvalue weighted by molar-refractivity contribution is 6.31. The van der Waals surface area contributed by atoms with Crippen LogP contribution in [0.4, 0.5) is 11.9 Å². The summed E-state index contributed by atoms with van der Waals surface area (Å²) >= 11 is 12.3. The van der Waals surface area contributed by atoms with Gasteiger partial charge < -0.3 is 39.9 Å². The van der Waals surface area contributed by atoms with Gasteiger partial charge in [0.15, 0.2) is 0 Å². The van der Waals surface area contributed by atoms with Gasteiger partial charge in [-0.15, -0.1) is 0 Å². The van der Waals surface area contributed by atoms with E-state index in [1.165, 1.54) is 31.9 Å². The molecule has 16 heteroatoms. The zero-order valence-electron chi connectivity index (χ0n) is 34.9. The van der Waals surface area contributed by atoms with E-state index in [-0.39, 0.29) is 49.7 Å². The molecule has 0 bridgehead atoms. The third-order valence-corrected chi connectivity index (χ3v) is 13.4. The quantitative estimate of drug-likeness (QED) is 0.0848. The highest BCUT2D eigenvalue weighted by Crippen LogP contribution is 2.54. The Labute approximate surface area is 376 Å². The summed E-state index contributed by atoms with van der Waals surface area (Å²) in [6.45, 7) is 4.01. The molecule has 0 unspecified atom stereocenters. The van der Waals surface area contributed by atoms with Crippen LogP contribution in [0.3, 0.4) is 0 Å². The molecular weight excluding hydrogens is 845 g/mol. The number of halogens is 2. The third kappa shape index (κ3) is 11.0. The van der Waals surface area contributed by atoms with E-state index < -0.39 is 5.97 Å². The van der Waals surface area contributed by atoms with Gasteiger partial charge in [0.1, 0.15) is 24.3 Å². The largest absolute Gasteiger partial charge is 0.477 e. The van der Waals surface area contributed by atoms with Crippen LogP contribution in [0.15, 0.2) is 79.1 Å². The SMILES string of the molecule is O=C(NCc1ccccc1)c1cnc(N2CCC3(CC2)CC3)nc1OCc1ccc(CO)c(Cl)c1.O=C(O)c1cnc(N2CCC3(CC2)CC3)nc1OCc1ccc(CO)c(Cl)c1. The molecule has 330 valence electrons. The van der Waals surface area contributed by atoms with Gasteiger partial charge in [-0.3, -0.25) is 4.79 Å². The number of hydrogen-bond acceptors (Lipinski definition) is 12. The summed E-state index contributed by atoms with van der Waals surface area (Å²) < 4.78 is 11.8. The van der Waals surface area contributed by atoms with Crippen molar-refractivity contribution in [1.82, 2.24) is 25.3 Å². The Morgan fingerprint density at radius 1 is 0.635 bits per heavy atom. The van der Waals surface area contributed by atoms with Gasteiger partial charge >= 0.3 is 5.97 Å². The molecule has 9 rings (SSSR count). The topological polar surface area (TPSA) is 183 Å². The van der Waals surface area contributed by atoms with E-state index >= 15 is 0 Å². The van der Waals surface area contributed by atoms with Gasteiger partial charge in [-0.05, 0) is 102 Å². The second kappa shape index (κ2) is 19.5. The molecule has 63 heavy (non-hydrogen) atoms. The Bertz CT molecular complexity index is 2410. The number of anilines is 2. The van der Waals surface area contributed by atoms with E-state index in [1.54, 1.807) is 36.5 Å². The predicted molar refractivity (Wildman–Crippen MR) is 238 cm³/mol. The zero-order valence-corrected chi connectivity index (χ0v) is 36.5. The van der Waals surface area contributed by atoms with Crippen molar-refractivity contribution in [2.75, 3.05) is 36.0 Å². The number of nitrogens with one attached hydrogen (secondary N) is 1. The molecule has 4 N–H and O–H groups in total. The van der Waals surface area contributed by atoms with Crippen molar-refractivity contribution >= 4 is 47.0 Å². The van der Waals surface area contributed by atoms with Gasteiger partial charge in [-0.2, -0.15) is 9.97 Å². The van der Waals surface area contributed by atoms with Crippen LogP contribution in [0, 0.1) is 10.8 Å². The van der Waals surface area contributed by atoms with Crippen molar-refractivity contribution in [3.05, 3.63) is 128 Å². The highest BCUT2D eigenvalue weighted by atomic mass is 35.5. The number of aromatic carboxylic acids is 1. The van der Waals surface area contributed by atoms with Crippen molar-refractivity contribution in [2.45, 2.75) is 84.3 Å². The molecule has 2 aliphatic carbocycles. The smallest absolute Gasteiger partial charge is 0.342 e. The second-order valence-corrected chi connectivity index (χ2v) is 17.8. The predicted octanol–water partition coefficient (Wildman–Crippen LogP) is 7.79. The average Bonchev–Trinajstić information content (AvgIpc) is 4.25. The zero-order chi connectivity index (χ0) is 44.0. The number of aromatic nitrogens is 4. The minimum atomic E-state index is -1.13. The Balaban J connectivity index is 0.000000177. The molecule has 4 fully saturated rings.